The molecule has 0 aromatic heterocycles. The summed E-state index contributed by atoms with van der Waals surface area (Å²) in [6, 6.07) is 0. The molecule has 1 aliphatic heterocycles. The lowest BCUT2D eigenvalue weighted by Crippen LogP contribution is -2.50. The lowest BCUT2D eigenvalue weighted by molar-refractivity contribution is -0.174. The summed E-state index contributed by atoms with van der Waals surface area (Å²) < 4.78 is 40.1. The van der Waals surface area contributed by atoms with Gasteiger partial charge in [-0.05, 0) is 13.5 Å². The maximum Gasteiger partial charge on any atom is 0.411 e. The highest BCUT2D eigenvalue weighted by Crippen LogP contribution is 2.14. The molecule has 0 aliphatic carbocycles. The average molecular weight is 297 g/mol. The van der Waals surface area contributed by atoms with Crippen molar-refractivity contribution in [2.24, 2.45) is 0 Å². The van der Waals surface area contributed by atoms with Crippen molar-refractivity contribution in [1.29, 1.82) is 0 Å². The molecule has 0 aromatic rings. The summed E-state index contributed by atoms with van der Waals surface area (Å²) in [5.74, 6) is 0.0839. The van der Waals surface area contributed by atoms with E-state index in [0.717, 1.165) is 13.1 Å². The van der Waals surface area contributed by atoms with E-state index >= 15 is 0 Å². The Labute approximate surface area is 117 Å². The highest BCUT2D eigenvalue weighted by Gasteiger charge is 2.27. The number of nitrogens with zero attached hydrogens (tertiary/aromatic N) is 2. The van der Waals surface area contributed by atoms with Crippen LogP contribution in [0.2, 0.25) is 0 Å². The third kappa shape index (κ3) is 7.06. The van der Waals surface area contributed by atoms with Gasteiger partial charge < -0.3 is 15.0 Å². The van der Waals surface area contributed by atoms with Crippen LogP contribution in [-0.4, -0.2) is 81.4 Å². The summed E-state index contributed by atoms with van der Waals surface area (Å²) >= 11 is 0. The van der Waals surface area contributed by atoms with Crippen molar-refractivity contribution in [2.75, 3.05) is 59.5 Å². The molecular formula is C12H22F3N3O2. The molecule has 0 atom stereocenters. The minimum absolute atomic E-state index is 0.0839. The van der Waals surface area contributed by atoms with E-state index in [9.17, 15) is 18.0 Å². The predicted octanol–water partition coefficient (Wildman–Crippen LogP) is 0.319. The first-order valence-electron chi connectivity index (χ1n) is 6.71. The monoisotopic (exact) mass is 297 g/mol. The lowest BCUT2D eigenvalue weighted by Gasteiger charge is -2.34. The summed E-state index contributed by atoms with van der Waals surface area (Å²) in [6.07, 6.45) is -3.68. The first-order chi connectivity index (χ1) is 9.42. The molecule has 0 unspecified atom stereocenters. The topological polar surface area (TPSA) is 44.8 Å². The van der Waals surface area contributed by atoms with Crippen molar-refractivity contribution in [3.63, 3.8) is 0 Å². The van der Waals surface area contributed by atoms with Crippen LogP contribution in [0.5, 0.6) is 0 Å². The van der Waals surface area contributed by atoms with Crippen LogP contribution in [0.3, 0.4) is 0 Å². The van der Waals surface area contributed by atoms with Crippen molar-refractivity contribution < 1.29 is 22.7 Å². The molecule has 0 spiro atoms. The fraction of sp³-hybridized carbons (Fsp3) is 0.917. The number of amides is 1. The zero-order chi connectivity index (χ0) is 15.0. The minimum atomic E-state index is -4.25. The molecule has 118 valence electrons. The molecule has 8 heteroatoms. The van der Waals surface area contributed by atoms with Gasteiger partial charge in [-0.25, -0.2) is 0 Å². The number of alkyl halides is 3. The summed E-state index contributed by atoms with van der Waals surface area (Å²) in [5.41, 5.74) is 0. The van der Waals surface area contributed by atoms with Gasteiger partial charge in [0.25, 0.3) is 0 Å². The number of rotatable bonds is 7. The Morgan fingerprint density at radius 2 is 1.90 bits per heavy atom. The fourth-order valence-corrected chi connectivity index (χ4v) is 2.06. The van der Waals surface area contributed by atoms with Crippen LogP contribution in [0.25, 0.3) is 0 Å². The molecule has 1 heterocycles. The van der Waals surface area contributed by atoms with Crippen molar-refractivity contribution in [2.45, 2.75) is 12.6 Å². The standard InChI is InChI=1S/C12H22F3N3O2/c1-16-9-11(19)18-6-4-17(5-7-18)3-2-8-20-10-12(13,14)15/h16H,2-10H2,1H3. The number of halogens is 3. The van der Waals surface area contributed by atoms with Crippen molar-refractivity contribution >= 4 is 5.91 Å². The quantitative estimate of drug-likeness (QED) is 0.687. The van der Waals surface area contributed by atoms with E-state index in [1.807, 2.05) is 0 Å². The van der Waals surface area contributed by atoms with Gasteiger partial charge in [0.15, 0.2) is 0 Å². The van der Waals surface area contributed by atoms with Crippen molar-refractivity contribution in [1.82, 2.24) is 15.1 Å². The van der Waals surface area contributed by atoms with Gasteiger partial charge in [0.2, 0.25) is 5.91 Å². The SMILES string of the molecule is CNCC(=O)N1CCN(CCCOCC(F)(F)F)CC1. The van der Waals surface area contributed by atoms with Crippen molar-refractivity contribution in [3.05, 3.63) is 0 Å². The van der Waals surface area contributed by atoms with E-state index < -0.39 is 12.8 Å². The first-order valence-corrected chi connectivity index (χ1v) is 6.71. The maximum atomic E-state index is 11.8. The largest absolute Gasteiger partial charge is 0.411 e. The number of ether oxygens (including phenoxy) is 1. The molecule has 0 radical (unpaired) electrons. The Bertz CT molecular complexity index is 292. The fourth-order valence-electron chi connectivity index (χ4n) is 2.06. The molecule has 0 aromatic carbocycles. The number of hydrogen-bond acceptors (Lipinski definition) is 4. The molecule has 0 bridgehead atoms. The molecule has 1 N–H and O–H groups in total. The van der Waals surface area contributed by atoms with Gasteiger partial charge in [0.1, 0.15) is 6.61 Å². The number of carbonyl (C=O) groups excluding carboxylic acids is 1. The van der Waals surface area contributed by atoms with Gasteiger partial charge >= 0.3 is 6.18 Å². The molecule has 1 rings (SSSR count). The first kappa shape index (κ1) is 17.2. The van der Waals surface area contributed by atoms with Gasteiger partial charge in [-0.15, -0.1) is 0 Å². The lowest BCUT2D eigenvalue weighted by atomic mass is 10.3. The molecule has 1 aliphatic rings. The van der Waals surface area contributed by atoms with Gasteiger partial charge in [-0.3, -0.25) is 9.69 Å². The zero-order valence-electron chi connectivity index (χ0n) is 11.7. The highest BCUT2D eigenvalue weighted by atomic mass is 19.4. The highest BCUT2D eigenvalue weighted by molar-refractivity contribution is 5.78. The molecule has 1 saturated heterocycles. The normalized spacial score (nSPS) is 17.5. The van der Waals surface area contributed by atoms with Crippen LogP contribution in [-0.2, 0) is 9.53 Å². The smallest absolute Gasteiger partial charge is 0.372 e. The van der Waals surface area contributed by atoms with E-state index in [2.05, 4.69) is 15.0 Å². The van der Waals surface area contributed by atoms with E-state index in [1.165, 1.54) is 0 Å². The van der Waals surface area contributed by atoms with Crippen LogP contribution in [0.15, 0.2) is 0 Å². The van der Waals surface area contributed by atoms with Crippen LogP contribution < -0.4 is 5.32 Å². The number of piperazine rings is 1. The Morgan fingerprint density at radius 3 is 2.45 bits per heavy atom. The number of likely N-dealkylation sites (N-methyl/N-ethyl adjacent to an activating group) is 1. The van der Waals surface area contributed by atoms with E-state index in [4.69, 9.17) is 0 Å². The van der Waals surface area contributed by atoms with Gasteiger partial charge in [0, 0.05) is 39.3 Å². The Hall–Kier alpha value is -0.860. The van der Waals surface area contributed by atoms with E-state index in [1.54, 1.807) is 11.9 Å². The number of carbonyl (C=O) groups is 1. The molecular weight excluding hydrogens is 275 g/mol. The number of nitrogens with one attached hydrogen (secondary N) is 1. The summed E-state index contributed by atoms with van der Waals surface area (Å²) in [5, 5.41) is 2.82. The summed E-state index contributed by atoms with van der Waals surface area (Å²) in [4.78, 5) is 15.6. The maximum absolute atomic E-state index is 11.8. The Kier molecular flexibility index (Phi) is 7.25. The van der Waals surface area contributed by atoms with E-state index in [-0.39, 0.29) is 12.5 Å². The minimum Gasteiger partial charge on any atom is -0.372 e. The van der Waals surface area contributed by atoms with Gasteiger partial charge in [0.05, 0.1) is 6.54 Å². The van der Waals surface area contributed by atoms with Gasteiger partial charge in [-0.2, -0.15) is 13.2 Å². The third-order valence-electron chi connectivity index (χ3n) is 3.08. The molecule has 1 fully saturated rings. The van der Waals surface area contributed by atoms with Crippen LogP contribution in [0.1, 0.15) is 6.42 Å². The molecule has 5 nitrogen and oxygen atoms in total. The molecule has 0 saturated carbocycles. The van der Waals surface area contributed by atoms with Crippen molar-refractivity contribution in [3.8, 4) is 0 Å². The summed E-state index contributed by atoms with van der Waals surface area (Å²) in [7, 11) is 1.73. The summed E-state index contributed by atoms with van der Waals surface area (Å²) in [6.45, 7) is 2.83. The van der Waals surface area contributed by atoms with Crippen LogP contribution in [0, 0.1) is 0 Å². The molecule has 20 heavy (non-hydrogen) atoms. The second-order valence-corrected chi connectivity index (χ2v) is 4.77. The van der Waals surface area contributed by atoms with Gasteiger partial charge in [-0.1, -0.05) is 0 Å². The predicted molar refractivity (Wildman–Crippen MR) is 68.4 cm³/mol. The average Bonchev–Trinajstić information content (AvgIpc) is 2.38. The second-order valence-electron chi connectivity index (χ2n) is 4.77. The second kappa shape index (κ2) is 8.43. The Morgan fingerprint density at radius 1 is 1.25 bits per heavy atom. The molecule has 1 amide bonds. The zero-order valence-corrected chi connectivity index (χ0v) is 11.7. The van der Waals surface area contributed by atoms with Crippen LogP contribution >= 0.6 is 0 Å². The third-order valence-corrected chi connectivity index (χ3v) is 3.08. The number of hydrogen-bond donors (Lipinski definition) is 1. The van der Waals surface area contributed by atoms with E-state index in [0.29, 0.717) is 32.6 Å². The van der Waals surface area contributed by atoms with Crippen LogP contribution in [0.4, 0.5) is 13.2 Å². The Balaban J connectivity index is 2.06.